The molecule has 4 nitrogen and oxygen atoms in total. The lowest BCUT2D eigenvalue weighted by Crippen LogP contribution is -2.28. The van der Waals surface area contributed by atoms with Crippen LogP contribution >= 0.6 is 11.6 Å². The van der Waals surface area contributed by atoms with Crippen LogP contribution in [0, 0.1) is 0 Å². The van der Waals surface area contributed by atoms with Gasteiger partial charge in [0.15, 0.2) is 11.2 Å². The molecule has 0 bridgehead atoms. The highest BCUT2D eigenvalue weighted by Crippen LogP contribution is 2.18. The Kier molecular flexibility index (Phi) is 5.82. The van der Waals surface area contributed by atoms with Gasteiger partial charge in [0.1, 0.15) is 0 Å². The topological polar surface area (TPSA) is 63.6 Å². The van der Waals surface area contributed by atoms with Crippen molar-refractivity contribution >= 4 is 23.4 Å². The Balaban J connectivity index is 2.57. The van der Waals surface area contributed by atoms with E-state index < -0.39 is 23.2 Å². The average Bonchev–Trinajstić information content (AvgIpc) is 2.39. The molecule has 0 amide bonds. The van der Waals surface area contributed by atoms with E-state index in [2.05, 4.69) is 4.74 Å². The molecule has 1 N–H and O–H groups in total. The standard InChI is InChI=1S/C13H15ClO4/c1-2-18-13(17)12(14)11(16)8-10(15)9-6-4-3-5-7-9/h3-7,10,12,15H,2,8H2,1H3. The monoisotopic (exact) mass is 270 g/mol. The number of ketones is 1. The molecule has 2 atom stereocenters. The molecule has 18 heavy (non-hydrogen) atoms. The molecule has 0 spiro atoms. The van der Waals surface area contributed by atoms with E-state index in [1.165, 1.54) is 0 Å². The maximum Gasteiger partial charge on any atom is 0.331 e. The molecule has 0 radical (unpaired) electrons. The highest BCUT2D eigenvalue weighted by Gasteiger charge is 2.27. The van der Waals surface area contributed by atoms with E-state index in [0.717, 1.165) is 0 Å². The van der Waals surface area contributed by atoms with Crippen LogP contribution in [0.4, 0.5) is 0 Å². The number of aliphatic hydroxyl groups is 1. The predicted octanol–water partition coefficient (Wildman–Crippen LogP) is 1.85. The number of ether oxygens (including phenoxy) is 1. The molecule has 1 aromatic carbocycles. The summed E-state index contributed by atoms with van der Waals surface area (Å²) in [4.78, 5) is 22.9. The molecular formula is C13H15ClO4. The van der Waals surface area contributed by atoms with Crippen molar-refractivity contribution in [3.63, 3.8) is 0 Å². The van der Waals surface area contributed by atoms with Crippen molar-refractivity contribution in [2.24, 2.45) is 0 Å². The third-order valence-electron chi connectivity index (χ3n) is 2.36. The maximum atomic E-state index is 11.7. The van der Waals surface area contributed by atoms with Crippen LogP contribution in [0.5, 0.6) is 0 Å². The van der Waals surface area contributed by atoms with Gasteiger partial charge < -0.3 is 9.84 Å². The van der Waals surface area contributed by atoms with Crippen LogP contribution in [0.25, 0.3) is 0 Å². The zero-order valence-electron chi connectivity index (χ0n) is 10.0. The van der Waals surface area contributed by atoms with Crippen LogP contribution < -0.4 is 0 Å². The van der Waals surface area contributed by atoms with Crippen LogP contribution in [0.3, 0.4) is 0 Å². The van der Waals surface area contributed by atoms with Crippen LogP contribution in [0.1, 0.15) is 25.0 Å². The first-order valence-electron chi connectivity index (χ1n) is 5.62. The van der Waals surface area contributed by atoms with Gasteiger partial charge in [0.25, 0.3) is 0 Å². The number of alkyl halides is 1. The van der Waals surface area contributed by atoms with Crippen LogP contribution in [0.15, 0.2) is 30.3 Å². The quantitative estimate of drug-likeness (QED) is 0.487. The SMILES string of the molecule is CCOC(=O)C(Cl)C(=O)CC(O)c1ccccc1. The molecule has 0 saturated heterocycles. The van der Waals surface area contributed by atoms with Crippen molar-refractivity contribution in [3.05, 3.63) is 35.9 Å². The second kappa shape index (κ2) is 7.13. The summed E-state index contributed by atoms with van der Waals surface area (Å²) in [7, 11) is 0. The number of hydrogen-bond donors (Lipinski definition) is 1. The van der Waals surface area contributed by atoms with Crippen molar-refractivity contribution in [1.29, 1.82) is 0 Å². The van der Waals surface area contributed by atoms with Gasteiger partial charge in [-0.05, 0) is 12.5 Å². The fourth-order valence-electron chi connectivity index (χ4n) is 1.43. The van der Waals surface area contributed by atoms with Crippen molar-refractivity contribution < 1.29 is 19.4 Å². The van der Waals surface area contributed by atoms with Crippen molar-refractivity contribution in [3.8, 4) is 0 Å². The summed E-state index contributed by atoms with van der Waals surface area (Å²) in [6.45, 7) is 1.79. The van der Waals surface area contributed by atoms with Crippen molar-refractivity contribution in [1.82, 2.24) is 0 Å². The van der Waals surface area contributed by atoms with Gasteiger partial charge in [-0.25, -0.2) is 4.79 Å². The van der Waals surface area contributed by atoms with E-state index in [1.54, 1.807) is 37.3 Å². The first-order valence-corrected chi connectivity index (χ1v) is 6.06. The summed E-state index contributed by atoms with van der Waals surface area (Å²) in [5, 5.41) is 8.46. The molecule has 0 fully saturated rings. The second-order valence-electron chi connectivity index (χ2n) is 3.71. The van der Waals surface area contributed by atoms with Crippen molar-refractivity contribution in [2.75, 3.05) is 6.61 Å². The number of Topliss-reactive ketones (excluding diaryl/α,β-unsaturated/α-hetero) is 1. The lowest BCUT2D eigenvalue weighted by Gasteiger charge is -2.12. The number of aliphatic hydroxyl groups excluding tert-OH is 1. The average molecular weight is 271 g/mol. The lowest BCUT2D eigenvalue weighted by molar-refractivity contribution is -0.145. The maximum absolute atomic E-state index is 11.7. The van der Waals surface area contributed by atoms with E-state index >= 15 is 0 Å². The number of benzene rings is 1. The number of rotatable bonds is 6. The Bertz CT molecular complexity index is 405. The van der Waals surface area contributed by atoms with Gasteiger partial charge in [-0.2, -0.15) is 0 Å². The summed E-state index contributed by atoms with van der Waals surface area (Å²) in [5.74, 6) is -1.32. The highest BCUT2D eigenvalue weighted by atomic mass is 35.5. The molecule has 1 rings (SSSR count). The third-order valence-corrected chi connectivity index (χ3v) is 2.78. The largest absolute Gasteiger partial charge is 0.465 e. The van der Waals surface area contributed by atoms with Gasteiger partial charge >= 0.3 is 5.97 Å². The van der Waals surface area contributed by atoms with Gasteiger partial charge in [-0.1, -0.05) is 30.3 Å². The minimum absolute atomic E-state index is 0.163. The Morgan fingerprint density at radius 1 is 1.33 bits per heavy atom. The molecule has 2 unspecified atom stereocenters. The van der Waals surface area contributed by atoms with Gasteiger partial charge in [0, 0.05) is 6.42 Å². The van der Waals surface area contributed by atoms with E-state index in [4.69, 9.17) is 11.6 Å². The molecule has 0 aromatic heterocycles. The Labute approximate surface area is 111 Å². The molecule has 0 aliphatic carbocycles. The molecule has 1 aromatic rings. The minimum Gasteiger partial charge on any atom is -0.465 e. The van der Waals surface area contributed by atoms with Crippen LogP contribution in [-0.2, 0) is 14.3 Å². The normalized spacial score (nSPS) is 13.7. The molecule has 0 aliphatic rings. The fourth-order valence-corrected chi connectivity index (χ4v) is 1.59. The fraction of sp³-hybridized carbons (Fsp3) is 0.385. The first kappa shape index (κ1) is 14.7. The molecule has 5 heteroatoms. The highest BCUT2D eigenvalue weighted by molar-refractivity contribution is 6.41. The summed E-state index contributed by atoms with van der Waals surface area (Å²) >= 11 is 5.66. The summed E-state index contributed by atoms with van der Waals surface area (Å²) in [6.07, 6.45) is -1.17. The van der Waals surface area contributed by atoms with Gasteiger partial charge in [-0.3, -0.25) is 4.79 Å². The summed E-state index contributed by atoms with van der Waals surface area (Å²) in [6, 6.07) is 8.72. The van der Waals surface area contributed by atoms with Crippen LogP contribution in [0.2, 0.25) is 0 Å². The summed E-state index contributed by atoms with van der Waals surface area (Å²) < 4.78 is 4.64. The summed E-state index contributed by atoms with van der Waals surface area (Å²) in [5.41, 5.74) is 0.610. The van der Waals surface area contributed by atoms with Gasteiger partial charge in [0.2, 0.25) is 0 Å². The molecule has 0 heterocycles. The van der Waals surface area contributed by atoms with E-state index in [0.29, 0.717) is 5.56 Å². The number of halogens is 1. The number of carbonyl (C=O) groups is 2. The Morgan fingerprint density at radius 2 is 1.94 bits per heavy atom. The van der Waals surface area contributed by atoms with Crippen LogP contribution in [-0.4, -0.2) is 28.8 Å². The van der Waals surface area contributed by atoms with Crippen molar-refractivity contribution in [2.45, 2.75) is 24.8 Å². The second-order valence-corrected chi connectivity index (χ2v) is 4.15. The first-order chi connectivity index (χ1) is 8.56. The third kappa shape index (κ3) is 4.13. The molecule has 0 saturated carbocycles. The van der Waals surface area contributed by atoms with E-state index in [-0.39, 0.29) is 13.0 Å². The lowest BCUT2D eigenvalue weighted by atomic mass is 10.0. The number of carbonyl (C=O) groups excluding carboxylic acids is 2. The Hall–Kier alpha value is -1.39. The van der Waals surface area contributed by atoms with Gasteiger partial charge in [-0.15, -0.1) is 11.6 Å². The number of hydrogen-bond acceptors (Lipinski definition) is 4. The molecule has 0 aliphatic heterocycles. The minimum atomic E-state index is -1.36. The van der Waals surface area contributed by atoms with E-state index in [1.807, 2.05) is 0 Å². The molecular weight excluding hydrogens is 256 g/mol. The van der Waals surface area contributed by atoms with Gasteiger partial charge in [0.05, 0.1) is 12.7 Å². The Morgan fingerprint density at radius 3 is 2.50 bits per heavy atom. The zero-order chi connectivity index (χ0) is 13.5. The smallest absolute Gasteiger partial charge is 0.331 e. The molecule has 98 valence electrons. The van der Waals surface area contributed by atoms with E-state index in [9.17, 15) is 14.7 Å². The zero-order valence-corrected chi connectivity index (χ0v) is 10.8. The predicted molar refractivity (Wildman–Crippen MR) is 67.3 cm³/mol. The number of esters is 1.